The van der Waals surface area contributed by atoms with Crippen molar-refractivity contribution in [2.45, 2.75) is 13.8 Å². The first-order valence-electron chi connectivity index (χ1n) is 2.51. The van der Waals surface area contributed by atoms with Crippen molar-refractivity contribution in [2.75, 3.05) is 12.8 Å². The smallest absolute Gasteiger partial charge is 0.0752 e. The van der Waals surface area contributed by atoms with Gasteiger partial charge >= 0.3 is 7.80 Å². The molecule has 0 saturated heterocycles. The molecule has 0 aliphatic heterocycles. The van der Waals surface area contributed by atoms with E-state index in [4.69, 9.17) is 0 Å². The summed E-state index contributed by atoms with van der Waals surface area (Å²) in [6.45, 7) is 5.93. The minimum atomic E-state index is -0.890. The van der Waals surface area contributed by atoms with Crippen LogP contribution in [0.5, 0.6) is 0 Å². The second-order valence-electron chi connectivity index (χ2n) is 2.20. The standard InChI is InChI=1S/C5H12OP/c1-5(2)4-7(3)6/h5H,4H2,1-3H3/q+1. The van der Waals surface area contributed by atoms with E-state index in [1.54, 1.807) is 6.66 Å². The molecule has 0 rings (SSSR count). The van der Waals surface area contributed by atoms with Crippen molar-refractivity contribution in [1.29, 1.82) is 0 Å². The first kappa shape index (κ1) is 7.10. The molecule has 0 aromatic rings. The molecule has 42 valence electrons. The van der Waals surface area contributed by atoms with E-state index < -0.39 is 7.80 Å². The summed E-state index contributed by atoms with van der Waals surface area (Å²) in [5, 5.41) is 0. The second kappa shape index (κ2) is 3.15. The number of hydrogen-bond donors (Lipinski definition) is 0. The van der Waals surface area contributed by atoms with Crippen LogP contribution in [0.2, 0.25) is 0 Å². The molecule has 7 heavy (non-hydrogen) atoms. The Bertz CT molecular complexity index is 68.5. The molecule has 0 saturated carbocycles. The molecular weight excluding hydrogens is 107 g/mol. The Kier molecular flexibility index (Phi) is 3.19. The first-order valence-corrected chi connectivity index (χ1v) is 4.40. The van der Waals surface area contributed by atoms with Crippen LogP contribution in [0.15, 0.2) is 0 Å². The largest absolute Gasteiger partial charge is 0.335 e. The van der Waals surface area contributed by atoms with Crippen molar-refractivity contribution in [3.8, 4) is 0 Å². The zero-order valence-electron chi connectivity index (χ0n) is 5.14. The van der Waals surface area contributed by atoms with Crippen molar-refractivity contribution < 1.29 is 4.57 Å². The minimum Gasteiger partial charge on any atom is -0.0752 e. The Morgan fingerprint density at radius 2 is 2.00 bits per heavy atom. The predicted octanol–water partition coefficient (Wildman–Crippen LogP) is 2.10. The van der Waals surface area contributed by atoms with E-state index in [2.05, 4.69) is 13.8 Å². The summed E-state index contributed by atoms with van der Waals surface area (Å²) in [5.41, 5.74) is 0. The van der Waals surface area contributed by atoms with E-state index >= 15 is 0 Å². The zero-order chi connectivity index (χ0) is 5.86. The van der Waals surface area contributed by atoms with Crippen LogP contribution in [0.25, 0.3) is 0 Å². The summed E-state index contributed by atoms with van der Waals surface area (Å²) in [5.74, 6) is 0.591. The van der Waals surface area contributed by atoms with Gasteiger partial charge in [0.2, 0.25) is 0 Å². The SMILES string of the molecule is CC(C)C[P+](C)=O. The Hall–Kier alpha value is 0.100. The fraction of sp³-hybridized carbons (Fsp3) is 1.00. The molecule has 0 amide bonds. The molecule has 0 fully saturated rings. The van der Waals surface area contributed by atoms with Gasteiger partial charge in [-0.05, 0) is 5.92 Å². The van der Waals surface area contributed by atoms with E-state index in [-0.39, 0.29) is 0 Å². The molecule has 0 radical (unpaired) electrons. The molecule has 0 aliphatic carbocycles. The topological polar surface area (TPSA) is 17.1 Å². The van der Waals surface area contributed by atoms with Crippen molar-refractivity contribution in [2.24, 2.45) is 5.92 Å². The third kappa shape index (κ3) is 6.10. The van der Waals surface area contributed by atoms with E-state index in [0.717, 1.165) is 6.16 Å². The first-order chi connectivity index (χ1) is 3.13. The lowest BCUT2D eigenvalue weighted by Gasteiger charge is -1.87. The van der Waals surface area contributed by atoms with Crippen molar-refractivity contribution in [3.63, 3.8) is 0 Å². The van der Waals surface area contributed by atoms with Crippen LogP contribution in [0.4, 0.5) is 0 Å². The second-order valence-corrected chi connectivity index (χ2v) is 3.83. The van der Waals surface area contributed by atoms with Gasteiger partial charge in [0, 0.05) is 0 Å². The monoisotopic (exact) mass is 119 g/mol. The number of hydrogen-bond acceptors (Lipinski definition) is 1. The van der Waals surface area contributed by atoms with Crippen LogP contribution in [-0.2, 0) is 4.57 Å². The summed E-state index contributed by atoms with van der Waals surface area (Å²) in [6.07, 6.45) is 0.870. The van der Waals surface area contributed by atoms with Gasteiger partial charge in [0.15, 0.2) is 0 Å². The molecule has 0 aromatic heterocycles. The van der Waals surface area contributed by atoms with Crippen LogP contribution < -0.4 is 0 Å². The zero-order valence-corrected chi connectivity index (χ0v) is 6.03. The lowest BCUT2D eigenvalue weighted by Crippen LogP contribution is -1.87. The van der Waals surface area contributed by atoms with E-state index in [9.17, 15) is 4.57 Å². The number of rotatable bonds is 2. The maximum atomic E-state index is 10.4. The maximum absolute atomic E-state index is 10.4. The van der Waals surface area contributed by atoms with Crippen LogP contribution in [0.1, 0.15) is 13.8 Å². The van der Waals surface area contributed by atoms with Gasteiger partial charge in [-0.1, -0.05) is 18.4 Å². The Morgan fingerprint density at radius 3 is 2.00 bits per heavy atom. The fourth-order valence-corrected chi connectivity index (χ4v) is 1.54. The average Bonchev–Trinajstić information content (AvgIpc) is 1.27. The highest BCUT2D eigenvalue weighted by molar-refractivity contribution is 7.43. The quantitative estimate of drug-likeness (QED) is 0.509. The van der Waals surface area contributed by atoms with Gasteiger partial charge in [-0.25, -0.2) is 0 Å². The van der Waals surface area contributed by atoms with E-state index in [1.807, 2.05) is 0 Å². The predicted molar refractivity (Wildman–Crippen MR) is 33.2 cm³/mol. The highest BCUT2D eigenvalue weighted by Crippen LogP contribution is 2.17. The third-order valence-corrected chi connectivity index (χ3v) is 1.87. The van der Waals surface area contributed by atoms with Crippen LogP contribution in [-0.4, -0.2) is 12.8 Å². The van der Waals surface area contributed by atoms with Gasteiger partial charge in [-0.2, -0.15) is 0 Å². The molecule has 0 aliphatic rings. The highest BCUT2D eigenvalue weighted by atomic mass is 31.1. The van der Waals surface area contributed by atoms with Crippen molar-refractivity contribution in [3.05, 3.63) is 0 Å². The lowest BCUT2D eigenvalue weighted by atomic mass is 10.3. The minimum absolute atomic E-state index is 0.591. The van der Waals surface area contributed by atoms with E-state index in [0.29, 0.717) is 5.92 Å². The highest BCUT2D eigenvalue weighted by Gasteiger charge is 2.07. The fourth-order valence-electron chi connectivity index (χ4n) is 0.514. The van der Waals surface area contributed by atoms with Gasteiger partial charge < -0.3 is 0 Å². The molecule has 1 nitrogen and oxygen atoms in total. The summed E-state index contributed by atoms with van der Waals surface area (Å²) in [4.78, 5) is 0. The maximum Gasteiger partial charge on any atom is 0.335 e. The van der Waals surface area contributed by atoms with Gasteiger partial charge in [0.1, 0.15) is 12.8 Å². The van der Waals surface area contributed by atoms with Crippen LogP contribution >= 0.6 is 7.80 Å². The van der Waals surface area contributed by atoms with Crippen molar-refractivity contribution in [1.82, 2.24) is 0 Å². The third-order valence-electron chi connectivity index (χ3n) is 0.622. The van der Waals surface area contributed by atoms with E-state index in [1.165, 1.54) is 0 Å². The molecule has 0 heterocycles. The lowest BCUT2D eigenvalue weighted by molar-refractivity contribution is 0.583. The van der Waals surface area contributed by atoms with Crippen molar-refractivity contribution >= 4 is 7.80 Å². The Labute approximate surface area is 45.9 Å². The van der Waals surface area contributed by atoms with Gasteiger partial charge in [0.05, 0.1) is 0 Å². The molecule has 0 spiro atoms. The van der Waals surface area contributed by atoms with Crippen LogP contribution in [0, 0.1) is 5.92 Å². The molecule has 0 N–H and O–H groups in total. The summed E-state index contributed by atoms with van der Waals surface area (Å²) in [6, 6.07) is 0. The molecule has 1 unspecified atom stereocenters. The summed E-state index contributed by atoms with van der Waals surface area (Å²) in [7, 11) is -0.890. The summed E-state index contributed by atoms with van der Waals surface area (Å²) < 4.78 is 10.4. The molecule has 0 bridgehead atoms. The molecule has 0 aromatic carbocycles. The summed E-state index contributed by atoms with van der Waals surface area (Å²) >= 11 is 0. The molecule has 2 heteroatoms. The molecule has 1 atom stereocenters. The van der Waals surface area contributed by atoms with Crippen LogP contribution in [0.3, 0.4) is 0 Å². The Balaban J connectivity index is 3.13. The van der Waals surface area contributed by atoms with Gasteiger partial charge in [-0.15, -0.1) is 0 Å². The Morgan fingerprint density at radius 1 is 1.57 bits per heavy atom. The average molecular weight is 119 g/mol. The van der Waals surface area contributed by atoms with Gasteiger partial charge in [-0.3, -0.25) is 0 Å². The normalized spacial score (nSPS) is 12.3. The van der Waals surface area contributed by atoms with Gasteiger partial charge in [0.25, 0.3) is 0 Å². The molecular formula is C5H12OP+.